The number of furan rings is 2. The van der Waals surface area contributed by atoms with Gasteiger partial charge in [-0.15, -0.1) is 0 Å². The summed E-state index contributed by atoms with van der Waals surface area (Å²) in [6.45, 7) is -0.248. The Morgan fingerprint density at radius 1 is 1.26 bits per heavy atom. The fraction of sp³-hybridized carbons (Fsp3) is 0.267. The van der Waals surface area contributed by atoms with Gasteiger partial charge in [0.15, 0.2) is 5.76 Å². The predicted octanol–water partition coefficient (Wildman–Crippen LogP) is 1.70. The van der Waals surface area contributed by atoms with E-state index in [1.54, 1.807) is 24.3 Å². The van der Waals surface area contributed by atoms with Crippen molar-refractivity contribution in [2.75, 3.05) is 6.61 Å². The lowest BCUT2D eigenvalue weighted by molar-refractivity contribution is -0.122. The lowest BCUT2D eigenvalue weighted by Gasteiger charge is -2.13. The summed E-state index contributed by atoms with van der Waals surface area (Å²) in [4.78, 5) is 16.1. The number of hydrogen-bond acceptors (Lipinski definition) is 7. The van der Waals surface area contributed by atoms with E-state index in [2.05, 4.69) is 15.5 Å². The van der Waals surface area contributed by atoms with Gasteiger partial charge in [0.2, 0.25) is 17.6 Å². The highest BCUT2D eigenvalue weighted by atomic mass is 16.5. The molecule has 0 fully saturated rings. The van der Waals surface area contributed by atoms with Crippen LogP contribution in [-0.4, -0.2) is 27.8 Å². The molecule has 1 amide bonds. The molecule has 2 N–H and O–H groups in total. The number of hydrogen-bond donors (Lipinski definition) is 2. The first kappa shape index (κ1) is 15.0. The van der Waals surface area contributed by atoms with Gasteiger partial charge in [-0.05, 0) is 24.3 Å². The third kappa shape index (κ3) is 3.67. The van der Waals surface area contributed by atoms with Crippen molar-refractivity contribution in [2.24, 2.45) is 0 Å². The zero-order chi connectivity index (χ0) is 16.1. The van der Waals surface area contributed by atoms with E-state index in [0.717, 1.165) is 0 Å². The molecule has 0 spiro atoms. The number of nitrogens with one attached hydrogen (secondary N) is 1. The third-order valence-electron chi connectivity index (χ3n) is 3.18. The van der Waals surface area contributed by atoms with Crippen LogP contribution in [0.3, 0.4) is 0 Å². The van der Waals surface area contributed by atoms with E-state index in [1.165, 1.54) is 12.5 Å². The highest BCUT2D eigenvalue weighted by Crippen LogP contribution is 2.16. The zero-order valence-corrected chi connectivity index (χ0v) is 12.1. The molecule has 3 aromatic heterocycles. The van der Waals surface area contributed by atoms with E-state index in [9.17, 15) is 9.90 Å². The van der Waals surface area contributed by atoms with Crippen molar-refractivity contribution in [3.63, 3.8) is 0 Å². The summed E-state index contributed by atoms with van der Waals surface area (Å²) in [7, 11) is 0. The van der Waals surface area contributed by atoms with Crippen LogP contribution < -0.4 is 5.32 Å². The van der Waals surface area contributed by atoms with Gasteiger partial charge in [-0.2, -0.15) is 4.98 Å². The number of carbonyl (C=O) groups is 1. The van der Waals surface area contributed by atoms with E-state index in [0.29, 0.717) is 23.2 Å². The molecule has 23 heavy (non-hydrogen) atoms. The summed E-state index contributed by atoms with van der Waals surface area (Å²) in [5.41, 5.74) is 0. The second kappa shape index (κ2) is 6.93. The number of rotatable bonds is 7. The van der Waals surface area contributed by atoms with E-state index < -0.39 is 6.04 Å². The van der Waals surface area contributed by atoms with E-state index in [-0.39, 0.29) is 25.4 Å². The van der Waals surface area contributed by atoms with Gasteiger partial charge in [0, 0.05) is 12.8 Å². The monoisotopic (exact) mass is 317 g/mol. The minimum atomic E-state index is -0.570. The lowest BCUT2D eigenvalue weighted by atomic mass is 10.2. The second-order valence-electron chi connectivity index (χ2n) is 4.81. The molecule has 0 saturated heterocycles. The normalized spacial score (nSPS) is 12.2. The first-order valence-corrected chi connectivity index (χ1v) is 7.06. The van der Waals surface area contributed by atoms with Crippen molar-refractivity contribution in [2.45, 2.75) is 18.9 Å². The molecule has 0 aliphatic heterocycles. The standard InChI is InChI=1S/C15H15N3O5/c19-9-10(11-3-1-7-21-11)16-13(20)5-6-14-17-15(18-23-14)12-4-2-8-22-12/h1-4,7-8,10,19H,5-6,9H2,(H,16,20). The molecule has 3 aromatic rings. The minimum absolute atomic E-state index is 0.150. The number of aryl methyl sites for hydroxylation is 1. The van der Waals surface area contributed by atoms with E-state index in [4.69, 9.17) is 13.4 Å². The SMILES string of the molecule is O=C(CCc1nc(-c2ccco2)no1)NC(CO)c1ccco1. The van der Waals surface area contributed by atoms with Crippen molar-refractivity contribution in [1.29, 1.82) is 0 Å². The minimum Gasteiger partial charge on any atom is -0.467 e. The maximum absolute atomic E-state index is 11.9. The molecule has 8 nitrogen and oxygen atoms in total. The molecule has 8 heteroatoms. The Morgan fingerprint density at radius 3 is 2.78 bits per heavy atom. The van der Waals surface area contributed by atoms with Crippen LogP contribution in [0, 0.1) is 0 Å². The van der Waals surface area contributed by atoms with Crippen LogP contribution in [0.5, 0.6) is 0 Å². The van der Waals surface area contributed by atoms with Crippen LogP contribution in [0.25, 0.3) is 11.6 Å². The van der Waals surface area contributed by atoms with Crippen LogP contribution in [0.2, 0.25) is 0 Å². The van der Waals surface area contributed by atoms with Crippen LogP contribution in [0.1, 0.15) is 24.1 Å². The van der Waals surface area contributed by atoms with Gasteiger partial charge in [-0.3, -0.25) is 4.79 Å². The first-order chi connectivity index (χ1) is 11.3. The van der Waals surface area contributed by atoms with Gasteiger partial charge >= 0.3 is 0 Å². The van der Waals surface area contributed by atoms with Crippen molar-refractivity contribution in [3.05, 3.63) is 48.4 Å². The Kier molecular flexibility index (Phi) is 4.53. The summed E-state index contributed by atoms with van der Waals surface area (Å²) in [5.74, 6) is 1.43. The van der Waals surface area contributed by atoms with Gasteiger partial charge < -0.3 is 23.8 Å². The molecule has 0 saturated carbocycles. The van der Waals surface area contributed by atoms with Crippen LogP contribution >= 0.6 is 0 Å². The van der Waals surface area contributed by atoms with Crippen LogP contribution in [0.15, 0.2) is 50.1 Å². The van der Waals surface area contributed by atoms with Crippen LogP contribution in [-0.2, 0) is 11.2 Å². The van der Waals surface area contributed by atoms with Crippen molar-refractivity contribution >= 4 is 5.91 Å². The van der Waals surface area contributed by atoms with Gasteiger partial charge in [0.25, 0.3) is 0 Å². The zero-order valence-electron chi connectivity index (χ0n) is 12.1. The highest BCUT2D eigenvalue weighted by Gasteiger charge is 2.17. The average Bonchev–Trinajstić information content (AvgIpc) is 3.32. The van der Waals surface area contributed by atoms with E-state index in [1.807, 2.05) is 0 Å². The molecule has 1 atom stereocenters. The Morgan fingerprint density at radius 2 is 2.09 bits per heavy atom. The molecule has 120 valence electrons. The largest absolute Gasteiger partial charge is 0.467 e. The maximum atomic E-state index is 11.9. The van der Waals surface area contributed by atoms with Crippen molar-refractivity contribution in [3.8, 4) is 11.6 Å². The molecule has 0 radical (unpaired) electrons. The Hall–Kier alpha value is -2.87. The molecule has 0 aromatic carbocycles. The summed E-state index contributed by atoms with van der Waals surface area (Å²) in [6, 6.07) is 6.26. The van der Waals surface area contributed by atoms with E-state index >= 15 is 0 Å². The predicted molar refractivity (Wildman–Crippen MR) is 77.0 cm³/mol. The van der Waals surface area contributed by atoms with Gasteiger partial charge in [-0.25, -0.2) is 0 Å². The van der Waals surface area contributed by atoms with Crippen LogP contribution in [0.4, 0.5) is 0 Å². The molecule has 0 bridgehead atoms. The highest BCUT2D eigenvalue weighted by molar-refractivity contribution is 5.76. The quantitative estimate of drug-likeness (QED) is 0.681. The van der Waals surface area contributed by atoms with Gasteiger partial charge in [0.05, 0.1) is 19.1 Å². The maximum Gasteiger partial charge on any atom is 0.238 e. The Labute approximate surface area is 131 Å². The van der Waals surface area contributed by atoms with Crippen molar-refractivity contribution < 1.29 is 23.3 Å². The second-order valence-corrected chi connectivity index (χ2v) is 4.81. The lowest BCUT2D eigenvalue weighted by Crippen LogP contribution is -2.30. The number of aromatic nitrogens is 2. The smallest absolute Gasteiger partial charge is 0.238 e. The summed E-state index contributed by atoms with van der Waals surface area (Å²) in [5, 5.41) is 15.8. The first-order valence-electron chi connectivity index (χ1n) is 7.06. The third-order valence-corrected chi connectivity index (χ3v) is 3.18. The summed E-state index contributed by atoms with van der Waals surface area (Å²) in [6.07, 6.45) is 3.44. The number of carbonyl (C=O) groups excluding carboxylic acids is 1. The average molecular weight is 317 g/mol. The Bertz CT molecular complexity index is 733. The summed E-state index contributed by atoms with van der Waals surface area (Å²) < 4.78 is 15.4. The number of amides is 1. The molecule has 0 aliphatic rings. The van der Waals surface area contributed by atoms with Gasteiger partial charge in [-0.1, -0.05) is 5.16 Å². The fourth-order valence-electron chi connectivity index (χ4n) is 2.05. The van der Waals surface area contributed by atoms with Gasteiger partial charge in [0.1, 0.15) is 11.8 Å². The molecular weight excluding hydrogens is 302 g/mol. The molecular formula is C15H15N3O5. The fourth-order valence-corrected chi connectivity index (χ4v) is 2.05. The number of aliphatic hydroxyl groups is 1. The summed E-state index contributed by atoms with van der Waals surface area (Å²) >= 11 is 0. The molecule has 1 unspecified atom stereocenters. The van der Waals surface area contributed by atoms with Crippen molar-refractivity contribution in [1.82, 2.24) is 15.5 Å². The molecule has 3 heterocycles. The topological polar surface area (TPSA) is 115 Å². The number of aliphatic hydroxyl groups excluding tert-OH is 1. The molecule has 0 aliphatic carbocycles. The number of nitrogens with zero attached hydrogens (tertiary/aromatic N) is 2. The Balaban J connectivity index is 1.53. The molecule has 3 rings (SSSR count).